The minimum atomic E-state index is -0.348. The van der Waals surface area contributed by atoms with Crippen molar-refractivity contribution in [2.24, 2.45) is 5.92 Å². The first-order chi connectivity index (χ1) is 5.97. The summed E-state index contributed by atoms with van der Waals surface area (Å²) in [7, 11) is 0. The third kappa shape index (κ3) is 4.11. The van der Waals surface area contributed by atoms with Crippen LogP contribution in [0.3, 0.4) is 0 Å². The van der Waals surface area contributed by atoms with Crippen molar-refractivity contribution < 1.29 is 9.53 Å². The Kier molecular flexibility index (Phi) is 3.12. The first-order valence-corrected chi connectivity index (χ1v) is 4.86. The molecule has 0 heterocycles. The van der Waals surface area contributed by atoms with Gasteiger partial charge in [0.1, 0.15) is 5.60 Å². The molecule has 74 valence electrons. The standard InChI is InChI=1S/C11H18O2/c1-11(2,3)13-10(12)8-9-6-4-5-7-9/h4,6,9H,5,7-8H2,1-3H3. The van der Waals surface area contributed by atoms with E-state index in [-0.39, 0.29) is 11.6 Å². The van der Waals surface area contributed by atoms with Gasteiger partial charge in [-0.2, -0.15) is 0 Å². The second-order valence-electron chi connectivity index (χ2n) is 4.56. The molecule has 0 saturated carbocycles. The lowest BCUT2D eigenvalue weighted by Gasteiger charge is -2.20. The van der Waals surface area contributed by atoms with E-state index in [1.54, 1.807) is 0 Å². The highest BCUT2D eigenvalue weighted by Crippen LogP contribution is 2.21. The average molecular weight is 182 g/mol. The maximum Gasteiger partial charge on any atom is 0.306 e. The molecule has 0 N–H and O–H groups in total. The van der Waals surface area contributed by atoms with Crippen molar-refractivity contribution in [1.82, 2.24) is 0 Å². The molecule has 2 nitrogen and oxygen atoms in total. The van der Waals surface area contributed by atoms with Crippen LogP contribution in [-0.4, -0.2) is 11.6 Å². The summed E-state index contributed by atoms with van der Waals surface area (Å²) >= 11 is 0. The quantitative estimate of drug-likeness (QED) is 0.485. The Labute approximate surface area is 80.0 Å². The summed E-state index contributed by atoms with van der Waals surface area (Å²) in [6.45, 7) is 5.69. The van der Waals surface area contributed by atoms with E-state index in [2.05, 4.69) is 12.2 Å². The van der Waals surface area contributed by atoms with Gasteiger partial charge in [-0.1, -0.05) is 12.2 Å². The van der Waals surface area contributed by atoms with Crippen LogP contribution in [0.4, 0.5) is 0 Å². The summed E-state index contributed by atoms with van der Waals surface area (Å²) in [6.07, 6.45) is 6.99. The van der Waals surface area contributed by atoms with E-state index in [4.69, 9.17) is 4.74 Å². The number of hydrogen-bond donors (Lipinski definition) is 0. The Hall–Kier alpha value is -0.790. The number of allylic oxidation sites excluding steroid dienone is 2. The topological polar surface area (TPSA) is 26.3 Å². The summed E-state index contributed by atoms with van der Waals surface area (Å²) in [5.41, 5.74) is -0.348. The van der Waals surface area contributed by atoms with Crippen LogP contribution < -0.4 is 0 Å². The lowest BCUT2D eigenvalue weighted by Crippen LogP contribution is -2.24. The number of carbonyl (C=O) groups excluding carboxylic acids is 1. The van der Waals surface area contributed by atoms with E-state index >= 15 is 0 Å². The second kappa shape index (κ2) is 3.95. The van der Waals surface area contributed by atoms with Crippen LogP contribution in [0.25, 0.3) is 0 Å². The number of ether oxygens (including phenoxy) is 1. The van der Waals surface area contributed by atoms with Crippen LogP contribution in [0.2, 0.25) is 0 Å². The summed E-state index contributed by atoms with van der Waals surface area (Å²) < 4.78 is 5.23. The number of rotatable bonds is 2. The van der Waals surface area contributed by atoms with Gasteiger partial charge in [-0.25, -0.2) is 0 Å². The van der Waals surface area contributed by atoms with Gasteiger partial charge >= 0.3 is 5.97 Å². The molecule has 0 aromatic rings. The van der Waals surface area contributed by atoms with Crippen molar-refractivity contribution in [3.63, 3.8) is 0 Å². The first kappa shape index (κ1) is 10.3. The van der Waals surface area contributed by atoms with Gasteiger partial charge in [0, 0.05) is 0 Å². The average Bonchev–Trinajstić information content (AvgIpc) is 2.34. The van der Waals surface area contributed by atoms with E-state index in [9.17, 15) is 4.79 Å². The molecule has 0 radical (unpaired) electrons. The van der Waals surface area contributed by atoms with Crippen LogP contribution in [-0.2, 0) is 9.53 Å². The van der Waals surface area contributed by atoms with Crippen molar-refractivity contribution in [3.05, 3.63) is 12.2 Å². The Morgan fingerprint density at radius 3 is 2.69 bits per heavy atom. The van der Waals surface area contributed by atoms with Crippen molar-refractivity contribution in [3.8, 4) is 0 Å². The molecule has 13 heavy (non-hydrogen) atoms. The van der Waals surface area contributed by atoms with Gasteiger partial charge in [0.15, 0.2) is 0 Å². The van der Waals surface area contributed by atoms with E-state index in [1.165, 1.54) is 0 Å². The molecule has 1 rings (SSSR count). The van der Waals surface area contributed by atoms with Gasteiger partial charge < -0.3 is 4.74 Å². The zero-order valence-corrected chi connectivity index (χ0v) is 8.67. The third-order valence-electron chi connectivity index (χ3n) is 1.96. The Bertz CT molecular complexity index is 211. The summed E-state index contributed by atoms with van der Waals surface area (Å²) in [4.78, 5) is 11.4. The molecule has 0 amide bonds. The van der Waals surface area contributed by atoms with Crippen LogP contribution in [0.5, 0.6) is 0 Å². The SMILES string of the molecule is CC(C)(C)OC(=O)CC1C=CCC1. The maximum atomic E-state index is 11.4. The molecule has 1 aliphatic carbocycles. The highest BCUT2D eigenvalue weighted by molar-refractivity contribution is 5.70. The highest BCUT2D eigenvalue weighted by atomic mass is 16.6. The monoisotopic (exact) mass is 182 g/mol. The maximum absolute atomic E-state index is 11.4. The molecule has 0 fully saturated rings. The molecule has 0 spiro atoms. The zero-order valence-electron chi connectivity index (χ0n) is 8.67. The molecule has 1 unspecified atom stereocenters. The minimum absolute atomic E-state index is 0.0796. The van der Waals surface area contributed by atoms with E-state index < -0.39 is 0 Å². The van der Waals surface area contributed by atoms with Gasteiger partial charge in [-0.3, -0.25) is 4.79 Å². The molecule has 0 aromatic heterocycles. The number of carbonyl (C=O) groups is 1. The molecular weight excluding hydrogens is 164 g/mol. The molecule has 0 bridgehead atoms. The third-order valence-corrected chi connectivity index (χ3v) is 1.96. The van der Waals surface area contributed by atoms with Gasteiger partial charge in [0.05, 0.1) is 6.42 Å². The predicted octanol–water partition coefficient (Wildman–Crippen LogP) is 2.68. The molecule has 0 saturated heterocycles. The van der Waals surface area contributed by atoms with Crippen molar-refractivity contribution in [2.45, 2.75) is 45.6 Å². The molecular formula is C11H18O2. The van der Waals surface area contributed by atoms with Gasteiger partial charge in [-0.15, -0.1) is 0 Å². The summed E-state index contributed by atoms with van der Waals surface area (Å²) in [5, 5.41) is 0. The van der Waals surface area contributed by atoms with Crippen molar-refractivity contribution in [1.29, 1.82) is 0 Å². The van der Waals surface area contributed by atoms with Crippen LogP contribution in [0.1, 0.15) is 40.0 Å². The van der Waals surface area contributed by atoms with E-state index in [0.29, 0.717) is 12.3 Å². The first-order valence-electron chi connectivity index (χ1n) is 4.86. The van der Waals surface area contributed by atoms with Crippen molar-refractivity contribution in [2.75, 3.05) is 0 Å². The minimum Gasteiger partial charge on any atom is -0.460 e. The molecule has 0 aromatic carbocycles. The number of esters is 1. The molecule has 2 heteroatoms. The van der Waals surface area contributed by atoms with Gasteiger partial charge in [0.25, 0.3) is 0 Å². The fourth-order valence-electron chi connectivity index (χ4n) is 1.46. The largest absolute Gasteiger partial charge is 0.460 e. The Balaban J connectivity index is 2.29. The summed E-state index contributed by atoms with van der Waals surface area (Å²) in [6, 6.07) is 0. The normalized spacial score (nSPS) is 21.9. The summed E-state index contributed by atoms with van der Waals surface area (Å²) in [5.74, 6) is 0.332. The highest BCUT2D eigenvalue weighted by Gasteiger charge is 2.20. The second-order valence-corrected chi connectivity index (χ2v) is 4.56. The van der Waals surface area contributed by atoms with Crippen LogP contribution >= 0.6 is 0 Å². The molecule has 1 aliphatic rings. The lowest BCUT2D eigenvalue weighted by molar-refractivity contribution is -0.155. The van der Waals surface area contributed by atoms with Gasteiger partial charge in [0.2, 0.25) is 0 Å². The van der Waals surface area contributed by atoms with Crippen LogP contribution in [0, 0.1) is 5.92 Å². The fourth-order valence-corrected chi connectivity index (χ4v) is 1.46. The Morgan fingerprint density at radius 2 is 2.23 bits per heavy atom. The zero-order chi connectivity index (χ0) is 9.90. The lowest BCUT2D eigenvalue weighted by atomic mass is 10.1. The van der Waals surface area contributed by atoms with E-state index in [0.717, 1.165) is 12.8 Å². The van der Waals surface area contributed by atoms with Crippen molar-refractivity contribution >= 4 is 5.97 Å². The fraction of sp³-hybridized carbons (Fsp3) is 0.727. The molecule has 1 atom stereocenters. The Morgan fingerprint density at radius 1 is 1.54 bits per heavy atom. The van der Waals surface area contributed by atoms with E-state index in [1.807, 2.05) is 20.8 Å². The van der Waals surface area contributed by atoms with Gasteiger partial charge in [-0.05, 0) is 39.5 Å². The molecule has 0 aliphatic heterocycles. The smallest absolute Gasteiger partial charge is 0.306 e. The predicted molar refractivity (Wildman–Crippen MR) is 52.3 cm³/mol. The number of hydrogen-bond acceptors (Lipinski definition) is 2. The van der Waals surface area contributed by atoms with Crippen LogP contribution in [0.15, 0.2) is 12.2 Å².